The lowest BCUT2D eigenvalue weighted by Crippen LogP contribution is -2.34. The van der Waals surface area contributed by atoms with E-state index in [-0.39, 0.29) is 12.0 Å². The highest BCUT2D eigenvalue weighted by Crippen LogP contribution is 2.21. The third-order valence-corrected chi connectivity index (χ3v) is 3.16. The van der Waals surface area contributed by atoms with Crippen molar-refractivity contribution in [2.24, 2.45) is 11.8 Å². The maximum Gasteiger partial charge on any atom is 0.339 e. The fraction of sp³-hybridized carbons (Fsp3) is 0.389. The van der Waals surface area contributed by atoms with E-state index >= 15 is 0 Å². The number of esters is 1. The lowest BCUT2D eigenvalue weighted by molar-refractivity contribution is -0.156. The van der Waals surface area contributed by atoms with Gasteiger partial charge in [-0.2, -0.15) is 0 Å². The molecule has 0 aliphatic rings. The van der Waals surface area contributed by atoms with Gasteiger partial charge < -0.3 is 9.84 Å². The largest absolute Gasteiger partial charge is 0.478 e. The third-order valence-electron chi connectivity index (χ3n) is 3.16. The first-order chi connectivity index (χ1) is 10.7. The van der Waals surface area contributed by atoms with Crippen LogP contribution in [0.2, 0.25) is 0 Å². The van der Waals surface area contributed by atoms with Crippen molar-refractivity contribution in [1.82, 2.24) is 0 Å². The summed E-state index contributed by atoms with van der Waals surface area (Å²) in [5.41, 5.74) is 0.161. The molecule has 5 nitrogen and oxygen atoms in total. The fourth-order valence-electron chi connectivity index (χ4n) is 2.11. The molecule has 1 rings (SSSR count). The molecule has 0 aliphatic heterocycles. The van der Waals surface area contributed by atoms with Crippen LogP contribution in [0, 0.1) is 11.8 Å². The number of carbonyl (C=O) groups is 3. The Kier molecular flexibility index (Phi) is 6.69. The zero-order chi connectivity index (χ0) is 17.6. The van der Waals surface area contributed by atoms with Crippen LogP contribution in [0.3, 0.4) is 0 Å². The summed E-state index contributed by atoms with van der Waals surface area (Å²) < 4.78 is 5.09. The van der Waals surface area contributed by atoms with Crippen LogP contribution in [0.25, 0.3) is 6.08 Å². The number of hydrogen-bond donors (Lipinski definition) is 1. The number of ketones is 1. The quantitative estimate of drug-likeness (QED) is 0.362. The number of aliphatic carboxylic acids is 1. The molecule has 5 heteroatoms. The molecule has 0 spiro atoms. The van der Waals surface area contributed by atoms with Crippen molar-refractivity contribution in [2.75, 3.05) is 0 Å². The molecule has 1 N–H and O–H groups in total. The third kappa shape index (κ3) is 5.36. The van der Waals surface area contributed by atoms with Crippen molar-refractivity contribution in [1.29, 1.82) is 0 Å². The Labute approximate surface area is 136 Å². The molecule has 0 heterocycles. The Morgan fingerprint density at radius 1 is 1.04 bits per heavy atom. The summed E-state index contributed by atoms with van der Waals surface area (Å²) in [6, 6.07) is 8.64. The Morgan fingerprint density at radius 3 is 2.04 bits per heavy atom. The van der Waals surface area contributed by atoms with Crippen molar-refractivity contribution in [3.63, 3.8) is 0 Å². The van der Waals surface area contributed by atoms with Crippen molar-refractivity contribution < 1.29 is 24.2 Å². The smallest absolute Gasteiger partial charge is 0.339 e. The van der Waals surface area contributed by atoms with E-state index in [0.717, 1.165) is 0 Å². The number of carboxylic acid groups (broad SMARTS) is 1. The topological polar surface area (TPSA) is 80.7 Å². The monoisotopic (exact) mass is 318 g/mol. The Bertz CT molecular complexity index is 599. The van der Waals surface area contributed by atoms with Crippen molar-refractivity contribution in [3.05, 3.63) is 41.5 Å². The number of ether oxygens (including phenoxy) is 1. The Hall–Kier alpha value is -2.43. The number of benzene rings is 1. The number of Topliss-reactive ketones (excluding diaryl/α,β-unsaturated/α-hetero) is 1. The highest BCUT2D eigenvalue weighted by molar-refractivity contribution is 6.24. The lowest BCUT2D eigenvalue weighted by Gasteiger charge is -2.20. The van der Waals surface area contributed by atoms with E-state index in [9.17, 15) is 19.5 Å². The summed E-state index contributed by atoms with van der Waals surface area (Å²) in [5, 5.41) is 9.36. The molecule has 124 valence electrons. The van der Waals surface area contributed by atoms with E-state index in [1.807, 2.05) is 0 Å². The molecule has 0 amide bonds. The van der Waals surface area contributed by atoms with Gasteiger partial charge in [0.15, 0.2) is 5.78 Å². The molecule has 0 bridgehead atoms. The fourth-order valence-corrected chi connectivity index (χ4v) is 2.11. The van der Waals surface area contributed by atoms with Crippen molar-refractivity contribution in [3.8, 4) is 0 Å². The van der Waals surface area contributed by atoms with Crippen LogP contribution in [0.1, 0.15) is 33.3 Å². The van der Waals surface area contributed by atoms with Crippen LogP contribution < -0.4 is 0 Å². The summed E-state index contributed by atoms with van der Waals surface area (Å²) in [6.45, 7) is 6.73. The zero-order valence-corrected chi connectivity index (χ0v) is 13.8. The van der Waals surface area contributed by atoms with Gasteiger partial charge in [-0.15, -0.1) is 0 Å². The van der Waals surface area contributed by atoms with E-state index in [1.165, 1.54) is 6.08 Å². The molecule has 1 unspecified atom stereocenters. The average Bonchev–Trinajstić information content (AvgIpc) is 2.44. The second-order valence-electron chi connectivity index (χ2n) is 5.85. The molecule has 1 atom stereocenters. The standard InChI is InChI=1S/C18H22O5/c1-11(2)15(18(22)23-12(3)4)16(19)14(17(20)21)10-13-8-6-5-7-9-13/h5-12,15H,1-4H3,(H,20,21). The molecule has 0 saturated heterocycles. The highest BCUT2D eigenvalue weighted by atomic mass is 16.5. The van der Waals surface area contributed by atoms with Crippen LogP contribution in [-0.4, -0.2) is 28.9 Å². The SMILES string of the molecule is CC(C)OC(=O)C(C(=O)C(=Cc1ccccc1)C(=O)O)C(C)C. The molecule has 0 saturated carbocycles. The average molecular weight is 318 g/mol. The maximum absolute atomic E-state index is 12.6. The highest BCUT2D eigenvalue weighted by Gasteiger charge is 2.36. The van der Waals surface area contributed by atoms with E-state index in [2.05, 4.69) is 0 Å². The minimum absolute atomic E-state index is 0.368. The van der Waals surface area contributed by atoms with Crippen molar-refractivity contribution in [2.45, 2.75) is 33.8 Å². The second-order valence-corrected chi connectivity index (χ2v) is 5.85. The number of carboxylic acids is 1. The zero-order valence-electron chi connectivity index (χ0n) is 13.8. The van der Waals surface area contributed by atoms with Crippen LogP contribution in [0.4, 0.5) is 0 Å². The van der Waals surface area contributed by atoms with Gasteiger partial charge in [0.2, 0.25) is 0 Å². The van der Waals surface area contributed by atoms with Crippen molar-refractivity contribution >= 4 is 23.8 Å². The van der Waals surface area contributed by atoms with Crippen LogP contribution in [0.15, 0.2) is 35.9 Å². The van der Waals surface area contributed by atoms with Gasteiger partial charge in [0.1, 0.15) is 11.5 Å². The first-order valence-electron chi connectivity index (χ1n) is 7.48. The van der Waals surface area contributed by atoms with Gasteiger partial charge >= 0.3 is 11.9 Å². The minimum Gasteiger partial charge on any atom is -0.478 e. The predicted molar refractivity (Wildman–Crippen MR) is 86.6 cm³/mol. The van der Waals surface area contributed by atoms with E-state index in [0.29, 0.717) is 5.56 Å². The van der Waals surface area contributed by atoms with E-state index in [1.54, 1.807) is 58.0 Å². The summed E-state index contributed by atoms with van der Waals surface area (Å²) in [6.07, 6.45) is 0.908. The van der Waals surface area contributed by atoms with Gasteiger partial charge in [-0.1, -0.05) is 44.2 Å². The summed E-state index contributed by atoms with van der Waals surface area (Å²) in [7, 11) is 0. The van der Waals surface area contributed by atoms with Gasteiger partial charge in [-0.05, 0) is 31.4 Å². The molecule has 1 aromatic rings. The maximum atomic E-state index is 12.6. The van der Waals surface area contributed by atoms with Gasteiger partial charge in [-0.3, -0.25) is 9.59 Å². The molecular formula is C18H22O5. The summed E-state index contributed by atoms with van der Waals surface area (Å²) >= 11 is 0. The molecule has 0 aliphatic carbocycles. The van der Waals surface area contributed by atoms with Gasteiger partial charge in [0, 0.05) is 0 Å². The molecule has 0 radical (unpaired) electrons. The minimum atomic E-state index is -1.36. The number of rotatable bonds is 7. The number of carbonyl (C=O) groups excluding carboxylic acids is 2. The van der Waals surface area contributed by atoms with Crippen LogP contribution >= 0.6 is 0 Å². The molecule has 0 fully saturated rings. The van der Waals surface area contributed by atoms with Gasteiger partial charge in [0.25, 0.3) is 0 Å². The molecular weight excluding hydrogens is 296 g/mol. The van der Waals surface area contributed by atoms with Gasteiger partial charge in [0.05, 0.1) is 6.10 Å². The number of hydrogen-bond acceptors (Lipinski definition) is 4. The second kappa shape index (κ2) is 8.27. The predicted octanol–water partition coefficient (Wildman–Crippen LogP) is 2.95. The summed E-state index contributed by atoms with van der Waals surface area (Å²) in [4.78, 5) is 36.2. The summed E-state index contributed by atoms with van der Waals surface area (Å²) in [5.74, 6) is -4.29. The molecule has 0 aromatic heterocycles. The first kappa shape index (κ1) is 18.6. The molecule has 23 heavy (non-hydrogen) atoms. The Balaban J connectivity index is 3.19. The Morgan fingerprint density at radius 2 is 1.61 bits per heavy atom. The van der Waals surface area contributed by atoms with E-state index in [4.69, 9.17) is 4.74 Å². The molecule has 1 aromatic carbocycles. The first-order valence-corrected chi connectivity index (χ1v) is 7.48. The van der Waals surface area contributed by atoms with E-state index < -0.39 is 29.2 Å². The van der Waals surface area contributed by atoms with Crippen LogP contribution in [-0.2, 0) is 19.1 Å². The lowest BCUT2D eigenvalue weighted by atomic mass is 9.87. The van der Waals surface area contributed by atoms with Gasteiger partial charge in [-0.25, -0.2) is 4.79 Å². The van der Waals surface area contributed by atoms with Crippen LogP contribution in [0.5, 0.6) is 0 Å². The normalized spacial score (nSPS) is 13.0.